The molecule has 2 fully saturated rings. The molecule has 2 aliphatic rings. The number of halogens is 1. The van der Waals surface area contributed by atoms with Crippen molar-refractivity contribution in [2.24, 2.45) is 23.7 Å². The molecule has 0 aliphatic heterocycles. The summed E-state index contributed by atoms with van der Waals surface area (Å²) in [5.41, 5.74) is 2.77. The maximum Gasteiger partial charge on any atom is 0.0928 e. The molecule has 30 heavy (non-hydrogen) atoms. The van der Waals surface area contributed by atoms with Crippen LogP contribution in [0.2, 0.25) is 0 Å². The Morgan fingerprint density at radius 3 is 2.17 bits per heavy atom. The summed E-state index contributed by atoms with van der Waals surface area (Å²) in [4.78, 5) is 0. The summed E-state index contributed by atoms with van der Waals surface area (Å²) >= 11 is 0. The zero-order valence-corrected chi connectivity index (χ0v) is 19.2. The molecule has 0 N–H and O–H groups in total. The van der Waals surface area contributed by atoms with Gasteiger partial charge in [0.15, 0.2) is 0 Å². The third-order valence-corrected chi connectivity index (χ3v) is 7.54. The van der Waals surface area contributed by atoms with E-state index in [9.17, 15) is 4.39 Å². The van der Waals surface area contributed by atoms with Gasteiger partial charge in [-0.05, 0) is 99.0 Å². The lowest BCUT2D eigenvalue weighted by Crippen LogP contribution is -2.25. The molecule has 0 atom stereocenters. The number of ether oxygens (including phenoxy) is 1. The highest BCUT2D eigenvalue weighted by atomic mass is 19.1. The van der Waals surface area contributed by atoms with Gasteiger partial charge in [-0.3, -0.25) is 4.39 Å². The number of alkyl halides is 1. The Morgan fingerprint density at radius 2 is 1.53 bits per heavy atom. The van der Waals surface area contributed by atoms with E-state index in [0.29, 0.717) is 12.3 Å². The Balaban J connectivity index is 1.31. The van der Waals surface area contributed by atoms with Crippen molar-refractivity contribution in [1.82, 2.24) is 0 Å². The molecule has 0 unspecified atom stereocenters. The highest BCUT2D eigenvalue weighted by Gasteiger charge is 2.30. The van der Waals surface area contributed by atoms with Gasteiger partial charge in [-0.25, -0.2) is 0 Å². The number of benzene rings is 1. The maximum absolute atomic E-state index is 12.2. The number of aryl methyl sites for hydroxylation is 1. The first-order valence-electron chi connectivity index (χ1n) is 12.7. The molecular formula is C28H43FO. The van der Waals surface area contributed by atoms with Crippen molar-refractivity contribution in [3.05, 3.63) is 47.5 Å². The summed E-state index contributed by atoms with van der Waals surface area (Å²) in [5.74, 6) is 3.57. The third kappa shape index (κ3) is 7.84. The molecule has 168 valence electrons. The van der Waals surface area contributed by atoms with Crippen LogP contribution in [0.4, 0.5) is 4.39 Å². The van der Waals surface area contributed by atoms with Crippen molar-refractivity contribution < 1.29 is 9.13 Å². The van der Waals surface area contributed by atoms with Gasteiger partial charge in [-0.2, -0.15) is 0 Å². The van der Waals surface area contributed by atoms with Gasteiger partial charge in [0.1, 0.15) is 0 Å². The fraction of sp³-hybridized carbons (Fsp3) is 0.714. The van der Waals surface area contributed by atoms with Gasteiger partial charge in [-0.15, -0.1) is 0 Å². The SMILES string of the molecule is CCCOCc1ccc(CCC2CCC(C3CCC(C=CCCF)CC3)CC2)cc1. The normalized spacial score (nSPS) is 27.5. The molecule has 2 aliphatic carbocycles. The third-order valence-electron chi connectivity index (χ3n) is 7.54. The molecule has 0 heterocycles. The van der Waals surface area contributed by atoms with Gasteiger partial charge in [0.2, 0.25) is 0 Å². The minimum Gasteiger partial charge on any atom is -0.377 e. The Bertz CT molecular complexity index is 592. The van der Waals surface area contributed by atoms with Gasteiger partial charge in [0, 0.05) is 6.61 Å². The lowest BCUT2D eigenvalue weighted by atomic mass is 9.68. The Hall–Kier alpha value is -1.15. The molecule has 2 heteroatoms. The standard InChI is InChI=1S/C28H43FO/c1-2-21-30-22-26-10-8-24(9-11-26)6-7-25-14-18-28(19-15-25)27-16-12-23(13-17-27)5-3-4-20-29/h3,5,8-11,23,25,27-28H,2,4,6-7,12-22H2,1H3. The van der Waals surface area contributed by atoms with Crippen molar-refractivity contribution in [2.45, 2.75) is 90.6 Å². The fourth-order valence-electron chi connectivity index (χ4n) is 5.62. The number of hydrogen-bond acceptors (Lipinski definition) is 1. The summed E-state index contributed by atoms with van der Waals surface area (Å²) in [6, 6.07) is 9.09. The van der Waals surface area contributed by atoms with Gasteiger partial charge >= 0.3 is 0 Å². The van der Waals surface area contributed by atoms with Crippen LogP contribution in [0.1, 0.15) is 88.7 Å². The molecular weight excluding hydrogens is 371 g/mol. The van der Waals surface area contributed by atoms with E-state index < -0.39 is 0 Å². The molecule has 0 spiro atoms. The minimum atomic E-state index is -0.214. The Morgan fingerprint density at radius 1 is 0.900 bits per heavy atom. The zero-order valence-electron chi connectivity index (χ0n) is 19.2. The van der Waals surface area contributed by atoms with Crippen LogP contribution in [0.25, 0.3) is 0 Å². The number of hydrogen-bond donors (Lipinski definition) is 0. The summed E-state index contributed by atoms with van der Waals surface area (Å²) in [6.07, 6.45) is 19.8. The lowest BCUT2D eigenvalue weighted by molar-refractivity contribution is 0.121. The molecule has 1 aromatic carbocycles. The summed E-state index contributed by atoms with van der Waals surface area (Å²) in [7, 11) is 0. The van der Waals surface area contributed by atoms with Crippen LogP contribution in [-0.2, 0) is 17.8 Å². The van der Waals surface area contributed by atoms with Crippen LogP contribution in [0, 0.1) is 23.7 Å². The molecule has 1 nitrogen and oxygen atoms in total. The van der Waals surface area contributed by atoms with Crippen LogP contribution in [0.15, 0.2) is 36.4 Å². The predicted octanol–water partition coefficient (Wildman–Crippen LogP) is 8.07. The summed E-state index contributed by atoms with van der Waals surface area (Å²) in [6.45, 7) is 3.53. The number of rotatable bonds is 11. The van der Waals surface area contributed by atoms with Gasteiger partial charge < -0.3 is 4.74 Å². The molecule has 2 saturated carbocycles. The van der Waals surface area contributed by atoms with Gasteiger partial charge in [-0.1, -0.05) is 56.2 Å². The van der Waals surface area contributed by atoms with E-state index in [1.165, 1.54) is 75.3 Å². The van der Waals surface area contributed by atoms with Crippen molar-refractivity contribution >= 4 is 0 Å². The molecule has 0 saturated heterocycles. The van der Waals surface area contributed by atoms with Crippen molar-refractivity contribution in [3.8, 4) is 0 Å². The van der Waals surface area contributed by atoms with Gasteiger partial charge in [0.05, 0.1) is 13.3 Å². The summed E-state index contributed by atoms with van der Waals surface area (Å²) in [5, 5.41) is 0. The Kier molecular flexibility index (Phi) is 10.4. The largest absolute Gasteiger partial charge is 0.377 e. The first kappa shape index (κ1) is 23.5. The average molecular weight is 415 g/mol. The second kappa shape index (κ2) is 13.3. The van der Waals surface area contributed by atoms with Crippen LogP contribution in [0.3, 0.4) is 0 Å². The van der Waals surface area contributed by atoms with Crippen molar-refractivity contribution in [1.29, 1.82) is 0 Å². The van der Waals surface area contributed by atoms with E-state index in [0.717, 1.165) is 37.4 Å². The Labute approximate surface area is 184 Å². The van der Waals surface area contributed by atoms with E-state index in [1.807, 2.05) is 0 Å². The minimum absolute atomic E-state index is 0.214. The van der Waals surface area contributed by atoms with E-state index >= 15 is 0 Å². The van der Waals surface area contributed by atoms with E-state index in [2.05, 4.69) is 43.3 Å². The quantitative estimate of drug-likeness (QED) is 0.263. The lowest BCUT2D eigenvalue weighted by Gasteiger charge is -2.37. The van der Waals surface area contributed by atoms with Gasteiger partial charge in [0.25, 0.3) is 0 Å². The number of allylic oxidation sites excluding steroid dienone is 2. The molecule has 0 amide bonds. The second-order valence-electron chi connectivity index (χ2n) is 9.77. The summed E-state index contributed by atoms with van der Waals surface area (Å²) < 4.78 is 17.9. The highest BCUT2D eigenvalue weighted by molar-refractivity contribution is 5.22. The van der Waals surface area contributed by atoms with Crippen LogP contribution < -0.4 is 0 Å². The fourth-order valence-corrected chi connectivity index (χ4v) is 5.62. The van der Waals surface area contributed by atoms with Crippen LogP contribution >= 0.6 is 0 Å². The van der Waals surface area contributed by atoms with Crippen molar-refractivity contribution in [3.63, 3.8) is 0 Å². The zero-order chi connectivity index (χ0) is 21.0. The highest BCUT2D eigenvalue weighted by Crippen LogP contribution is 2.42. The molecule has 3 rings (SSSR count). The topological polar surface area (TPSA) is 9.23 Å². The molecule has 0 radical (unpaired) electrons. The van der Waals surface area contributed by atoms with Crippen molar-refractivity contribution in [2.75, 3.05) is 13.3 Å². The maximum atomic E-state index is 12.2. The van der Waals surface area contributed by atoms with E-state index in [1.54, 1.807) is 0 Å². The molecule has 0 bridgehead atoms. The van der Waals surface area contributed by atoms with E-state index in [-0.39, 0.29) is 6.67 Å². The first-order chi connectivity index (χ1) is 14.8. The average Bonchev–Trinajstić information content (AvgIpc) is 2.80. The predicted molar refractivity (Wildman–Crippen MR) is 125 cm³/mol. The van der Waals surface area contributed by atoms with E-state index in [4.69, 9.17) is 4.74 Å². The first-order valence-corrected chi connectivity index (χ1v) is 12.7. The van der Waals surface area contributed by atoms with Crippen LogP contribution in [-0.4, -0.2) is 13.3 Å². The second-order valence-corrected chi connectivity index (χ2v) is 9.77. The monoisotopic (exact) mass is 414 g/mol. The molecule has 0 aromatic heterocycles. The molecule has 1 aromatic rings. The smallest absolute Gasteiger partial charge is 0.0928 e. The van der Waals surface area contributed by atoms with Crippen LogP contribution in [0.5, 0.6) is 0 Å².